The Balaban J connectivity index is 1.48. The summed E-state index contributed by atoms with van der Waals surface area (Å²) in [5, 5.41) is 12.4. The van der Waals surface area contributed by atoms with Crippen LogP contribution >= 0.6 is 0 Å². The van der Waals surface area contributed by atoms with Gasteiger partial charge in [0.25, 0.3) is 0 Å². The van der Waals surface area contributed by atoms with Crippen molar-refractivity contribution in [3.63, 3.8) is 0 Å². The van der Waals surface area contributed by atoms with E-state index in [2.05, 4.69) is 16.4 Å². The molecule has 2 aromatic rings. The van der Waals surface area contributed by atoms with Gasteiger partial charge in [-0.2, -0.15) is 5.26 Å². The molecular weight excluding hydrogens is 408 g/mol. The molecule has 1 aromatic carbocycles. The molecule has 166 valence electrons. The average Bonchev–Trinajstić information content (AvgIpc) is 2.78. The van der Waals surface area contributed by atoms with Crippen LogP contribution in [0.25, 0.3) is 11.1 Å². The fourth-order valence-corrected chi connectivity index (χ4v) is 4.41. The number of hydrogen-bond donors (Lipinski definition) is 2. The van der Waals surface area contributed by atoms with Crippen LogP contribution in [-0.4, -0.2) is 36.1 Å². The summed E-state index contributed by atoms with van der Waals surface area (Å²) in [4.78, 5) is 28.4. The maximum Gasteiger partial charge on any atom is 0.229 e. The number of ether oxygens (including phenoxy) is 2. The van der Waals surface area contributed by atoms with Crippen molar-refractivity contribution in [3.8, 4) is 22.9 Å². The molecule has 2 fully saturated rings. The number of nitrogens with one attached hydrogen (secondary N) is 1. The van der Waals surface area contributed by atoms with E-state index in [4.69, 9.17) is 15.2 Å². The van der Waals surface area contributed by atoms with Crippen molar-refractivity contribution in [2.75, 3.05) is 18.5 Å². The van der Waals surface area contributed by atoms with Crippen LogP contribution in [0, 0.1) is 29.1 Å². The molecule has 8 nitrogen and oxygen atoms in total. The minimum atomic E-state index is -0.447. The fraction of sp³-hybridized carbons (Fsp3) is 0.417. The van der Waals surface area contributed by atoms with E-state index >= 15 is 0 Å². The predicted molar refractivity (Wildman–Crippen MR) is 117 cm³/mol. The number of benzene rings is 1. The Hall–Kier alpha value is -3.44. The molecule has 2 aliphatic rings. The summed E-state index contributed by atoms with van der Waals surface area (Å²) in [6.45, 7) is 3.24. The third-order valence-corrected chi connectivity index (χ3v) is 6.24. The number of hydrogen-bond acceptors (Lipinski definition) is 6. The zero-order chi connectivity index (χ0) is 22.7. The Morgan fingerprint density at radius 3 is 2.66 bits per heavy atom. The highest BCUT2D eigenvalue weighted by Crippen LogP contribution is 2.40. The van der Waals surface area contributed by atoms with Gasteiger partial charge in [0.1, 0.15) is 23.7 Å². The second-order valence-corrected chi connectivity index (χ2v) is 8.42. The molecular formula is C24H26N4O4. The highest BCUT2D eigenvalue weighted by atomic mass is 16.5. The van der Waals surface area contributed by atoms with E-state index in [0.29, 0.717) is 36.8 Å². The van der Waals surface area contributed by atoms with Crippen LogP contribution in [0.2, 0.25) is 0 Å². The first-order valence-electron chi connectivity index (χ1n) is 10.8. The molecule has 4 rings (SSSR count). The first-order chi connectivity index (χ1) is 15.5. The smallest absolute Gasteiger partial charge is 0.229 e. The number of carbonyl (C=O) groups is 2. The molecule has 2 amide bonds. The highest BCUT2D eigenvalue weighted by molar-refractivity contribution is 5.96. The topological polar surface area (TPSA) is 127 Å². The summed E-state index contributed by atoms with van der Waals surface area (Å²) in [7, 11) is 0. The molecule has 32 heavy (non-hydrogen) atoms. The number of pyridine rings is 1. The number of nitrogens with two attached hydrogens (primary N) is 1. The van der Waals surface area contributed by atoms with Crippen LogP contribution in [0.1, 0.15) is 31.7 Å². The van der Waals surface area contributed by atoms with Crippen LogP contribution in [0.5, 0.6) is 5.75 Å². The Labute approximate surface area is 186 Å². The van der Waals surface area contributed by atoms with Crippen molar-refractivity contribution in [2.24, 2.45) is 23.5 Å². The third-order valence-electron chi connectivity index (χ3n) is 6.24. The lowest BCUT2D eigenvalue weighted by atomic mass is 9.65. The molecule has 1 aliphatic heterocycles. The van der Waals surface area contributed by atoms with Gasteiger partial charge in [0.2, 0.25) is 11.8 Å². The number of nitriles is 1. The van der Waals surface area contributed by atoms with Gasteiger partial charge < -0.3 is 20.5 Å². The predicted octanol–water partition coefficient (Wildman–Crippen LogP) is 2.87. The fourth-order valence-electron chi connectivity index (χ4n) is 4.41. The molecule has 3 N–H and O–H groups in total. The van der Waals surface area contributed by atoms with Crippen molar-refractivity contribution in [1.29, 1.82) is 5.26 Å². The lowest BCUT2D eigenvalue weighted by Gasteiger charge is -2.39. The van der Waals surface area contributed by atoms with E-state index in [1.54, 1.807) is 24.4 Å². The van der Waals surface area contributed by atoms with Crippen molar-refractivity contribution < 1.29 is 19.1 Å². The molecule has 3 unspecified atom stereocenters. The van der Waals surface area contributed by atoms with E-state index in [-0.39, 0.29) is 17.9 Å². The van der Waals surface area contributed by atoms with Gasteiger partial charge in [0, 0.05) is 19.0 Å². The normalized spacial score (nSPS) is 22.9. The quantitative estimate of drug-likeness (QED) is 0.720. The van der Waals surface area contributed by atoms with Crippen LogP contribution in [0.4, 0.5) is 5.82 Å². The number of amides is 2. The second kappa shape index (κ2) is 9.37. The van der Waals surface area contributed by atoms with Crippen molar-refractivity contribution in [1.82, 2.24) is 4.98 Å². The van der Waals surface area contributed by atoms with E-state index < -0.39 is 17.7 Å². The van der Waals surface area contributed by atoms with Crippen molar-refractivity contribution >= 4 is 17.6 Å². The molecule has 1 saturated heterocycles. The number of primary amides is 1. The molecule has 1 saturated carbocycles. The molecule has 0 spiro atoms. The van der Waals surface area contributed by atoms with Crippen molar-refractivity contribution in [2.45, 2.75) is 32.3 Å². The Morgan fingerprint density at radius 1 is 1.22 bits per heavy atom. The molecule has 8 heteroatoms. The van der Waals surface area contributed by atoms with Crippen LogP contribution in [-0.2, 0) is 14.3 Å². The van der Waals surface area contributed by atoms with Crippen LogP contribution < -0.4 is 15.8 Å². The standard InChI is InChI=1S/C24H26N4O4/c1-14-10-19(22(14)23(26)29)24(30)28-21-12-16(4-7-27-21)15-2-3-20(17(11-15)13-25)32-18-5-8-31-9-6-18/h2-4,7,11-12,14,18-19,22H,5-6,8-10H2,1H3,(H2,26,29)(H,27,28,30). The minimum Gasteiger partial charge on any atom is -0.489 e. The molecule has 0 radical (unpaired) electrons. The summed E-state index contributed by atoms with van der Waals surface area (Å²) < 4.78 is 11.4. The second-order valence-electron chi connectivity index (χ2n) is 8.42. The largest absolute Gasteiger partial charge is 0.489 e. The number of aromatic nitrogens is 1. The molecule has 3 atom stereocenters. The van der Waals surface area contributed by atoms with Gasteiger partial charge in [-0.3, -0.25) is 9.59 Å². The highest BCUT2D eigenvalue weighted by Gasteiger charge is 2.46. The van der Waals surface area contributed by atoms with Gasteiger partial charge in [-0.1, -0.05) is 13.0 Å². The zero-order valence-corrected chi connectivity index (χ0v) is 17.9. The lowest BCUT2D eigenvalue weighted by Crippen LogP contribution is -2.49. The molecule has 1 aromatic heterocycles. The van der Waals surface area contributed by atoms with E-state index in [1.165, 1.54) is 0 Å². The van der Waals surface area contributed by atoms with E-state index in [0.717, 1.165) is 24.0 Å². The van der Waals surface area contributed by atoms with Gasteiger partial charge in [-0.25, -0.2) is 4.98 Å². The summed E-state index contributed by atoms with van der Waals surface area (Å²) in [6, 6.07) is 11.2. The van der Waals surface area contributed by atoms with Crippen LogP contribution in [0.15, 0.2) is 36.5 Å². The number of nitrogens with zero attached hydrogens (tertiary/aromatic N) is 2. The van der Waals surface area contributed by atoms with Gasteiger partial charge in [-0.15, -0.1) is 0 Å². The molecule has 2 heterocycles. The first-order valence-corrected chi connectivity index (χ1v) is 10.8. The molecule has 1 aliphatic carbocycles. The SMILES string of the molecule is CC1CC(C(=O)Nc2cc(-c3ccc(OC4CCOCC4)c(C#N)c3)ccn2)C1C(N)=O. The summed E-state index contributed by atoms with van der Waals surface area (Å²) in [5.74, 6) is -0.529. The monoisotopic (exact) mass is 434 g/mol. The Kier molecular flexibility index (Phi) is 6.37. The maximum atomic E-state index is 12.6. The number of carbonyl (C=O) groups excluding carboxylic acids is 2. The van der Waals surface area contributed by atoms with Gasteiger partial charge in [0.05, 0.1) is 30.6 Å². The first kappa shape index (κ1) is 21.8. The van der Waals surface area contributed by atoms with Gasteiger partial charge in [0.15, 0.2) is 0 Å². The van der Waals surface area contributed by atoms with Gasteiger partial charge in [-0.05, 0) is 47.7 Å². The average molecular weight is 434 g/mol. The van der Waals surface area contributed by atoms with Crippen LogP contribution in [0.3, 0.4) is 0 Å². The maximum absolute atomic E-state index is 12.6. The molecule has 0 bridgehead atoms. The minimum absolute atomic E-state index is 0.0443. The van der Waals surface area contributed by atoms with E-state index in [1.807, 2.05) is 19.1 Å². The summed E-state index contributed by atoms with van der Waals surface area (Å²) in [5.41, 5.74) is 7.49. The number of rotatable bonds is 6. The Morgan fingerprint density at radius 2 is 1.97 bits per heavy atom. The summed E-state index contributed by atoms with van der Waals surface area (Å²) in [6.07, 6.45) is 3.87. The third kappa shape index (κ3) is 4.58. The van der Waals surface area contributed by atoms with Gasteiger partial charge >= 0.3 is 0 Å². The Bertz CT molecular complexity index is 1060. The van der Waals surface area contributed by atoms with Crippen molar-refractivity contribution in [3.05, 3.63) is 42.1 Å². The zero-order valence-electron chi connectivity index (χ0n) is 17.9. The summed E-state index contributed by atoms with van der Waals surface area (Å²) >= 11 is 0. The van der Waals surface area contributed by atoms with E-state index in [9.17, 15) is 14.9 Å². The lowest BCUT2D eigenvalue weighted by molar-refractivity contribution is -0.139. The number of anilines is 1.